The molecule has 2 aromatic carbocycles. The predicted octanol–water partition coefficient (Wildman–Crippen LogP) is 4.41. The summed E-state index contributed by atoms with van der Waals surface area (Å²) in [6.45, 7) is 0. The van der Waals surface area contributed by atoms with Crippen LogP contribution in [-0.4, -0.2) is 14.6 Å². The number of nitrogens with zero attached hydrogens (tertiary/aromatic N) is 3. The average Bonchev–Trinajstić information content (AvgIpc) is 3.01. The lowest BCUT2D eigenvalue weighted by molar-refractivity contribution is 0.957. The topological polar surface area (TPSA) is 56.2 Å². The van der Waals surface area contributed by atoms with Gasteiger partial charge in [-0.15, -0.1) is 0 Å². The molecule has 0 fully saturated rings. The standard InChI is InChI=1S/C18H13BrN4/c19-14-8-6-13(7-9-14)16-11-18-21-15(10-17(20)23(18)22-16)12-4-2-1-3-5-12/h1-11H,20H2. The molecule has 4 aromatic rings. The second kappa shape index (κ2) is 5.52. The zero-order valence-corrected chi connectivity index (χ0v) is 13.7. The van der Waals surface area contributed by atoms with Crippen molar-refractivity contribution in [1.82, 2.24) is 14.6 Å². The summed E-state index contributed by atoms with van der Waals surface area (Å²) in [6.07, 6.45) is 0. The Hall–Kier alpha value is -2.66. The van der Waals surface area contributed by atoms with Crippen LogP contribution in [0.5, 0.6) is 0 Å². The number of aromatic nitrogens is 3. The number of anilines is 1. The van der Waals surface area contributed by atoms with Crippen molar-refractivity contribution in [3.8, 4) is 22.5 Å². The van der Waals surface area contributed by atoms with E-state index in [0.717, 1.165) is 32.6 Å². The first-order valence-corrected chi connectivity index (χ1v) is 7.98. The van der Waals surface area contributed by atoms with Crippen molar-refractivity contribution in [2.24, 2.45) is 0 Å². The van der Waals surface area contributed by atoms with Gasteiger partial charge in [0.2, 0.25) is 0 Å². The second-order valence-electron chi connectivity index (χ2n) is 5.24. The number of nitrogens with two attached hydrogens (primary N) is 1. The summed E-state index contributed by atoms with van der Waals surface area (Å²) in [5, 5.41) is 4.56. The molecule has 0 aliphatic carbocycles. The van der Waals surface area contributed by atoms with Gasteiger partial charge in [-0.3, -0.25) is 0 Å². The van der Waals surface area contributed by atoms with Gasteiger partial charge in [-0.2, -0.15) is 9.61 Å². The van der Waals surface area contributed by atoms with Crippen LogP contribution < -0.4 is 5.73 Å². The minimum atomic E-state index is 0.567. The summed E-state index contributed by atoms with van der Waals surface area (Å²) in [5.74, 6) is 0.567. The highest BCUT2D eigenvalue weighted by Gasteiger charge is 2.10. The first kappa shape index (κ1) is 14.0. The fourth-order valence-corrected chi connectivity index (χ4v) is 2.78. The summed E-state index contributed by atoms with van der Waals surface area (Å²) >= 11 is 3.44. The summed E-state index contributed by atoms with van der Waals surface area (Å²) in [7, 11) is 0. The zero-order chi connectivity index (χ0) is 15.8. The lowest BCUT2D eigenvalue weighted by Gasteiger charge is -2.04. The molecule has 23 heavy (non-hydrogen) atoms. The van der Waals surface area contributed by atoms with E-state index in [9.17, 15) is 0 Å². The Morgan fingerprint density at radius 3 is 2.26 bits per heavy atom. The lowest BCUT2D eigenvalue weighted by atomic mass is 10.1. The molecular weight excluding hydrogens is 352 g/mol. The van der Waals surface area contributed by atoms with Gasteiger partial charge in [0, 0.05) is 27.7 Å². The molecule has 0 radical (unpaired) electrons. The molecule has 4 rings (SSSR count). The van der Waals surface area contributed by atoms with E-state index in [1.165, 1.54) is 0 Å². The molecule has 112 valence electrons. The Bertz CT molecular complexity index is 975. The third-order valence-electron chi connectivity index (χ3n) is 3.66. The van der Waals surface area contributed by atoms with Crippen molar-refractivity contribution in [1.29, 1.82) is 0 Å². The molecule has 0 saturated heterocycles. The third-order valence-corrected chi connectivity index (χ3v) is 4.19. The summed E-state index contributed by atoms with van der Waals surface area (Å²) in [4.78, 5) is 4.68. The predicted molar refractivity (Wildman–Crippen MR) is 96.0 cm³/mol. The molecule has 2 heterocycles. The Kier molecular flexibility index (Phi) is 3.35. The molecular formula is C18H13BrN4. The van der Waals surface area contributed by atoms with Crippen molar-refractivity contribution < 1.29 is 0 Å². The van der Waals surface area contributed by atoms with Crippen molar-refractivity contribution in [2.75, 3.05) is 5.73 Å². The van der Waals surface area contributed by atoms with Crippen molar-refractivity contribution in [2.45, 2.75) is 0 Å². The fraction of sp³-hybridized carbons (Fsp3) is 0. The van der Waals surface area contributed by atoms with E-state index in [-0.39, 0.29) is 0 Å². The normalized spacial score (nSPS) is 11.0. The molecule has 4 nitrogen and oxygen atoms in total. The number of hydrogen-bond acceptors (Lipinski definition) is 3. The Labute approximate surface area is 141 Å². The van der Waals surface area contributed by atoms with Gasteiger partial charge in [-0.25, -0.2) is 4.98 Å². The molecule has 2 N–H and O–H groups in total. The highest BCUT2D eigenvalue weighted by molar-refractivity contribution is 9.10. The van der Waals surface area contributed by atoms with E-state index in [1.807, 2.05) is 66.7 Å². The third kappa shape index (κ3) is 2.59. The molecule has 5 heteroatoms. The number of benzene rings is 2. The van der Waals surface area contributed by atoms with Gasteiger partial charge in [0.05, 0.1) is 11.4 Å². The summed E-state index contributed by atoms with van der Waals surface area (Å²) < 4.78 is 2.71. The molecule has 0 bridgehead atoms. The van der Waals surface area contributed by atoms with E-state index in [0.29, 0.717) is 5.82 Å². The van der Waals surface area contributed by atoms with Crippen LogP contribution >= 0.6 is 15.9 Å². The second-order valence-corrected chi connectivity index (χ2v) is 6.15. The Morgan fingerprint density at radius 2 is 1.52 bits per heavy atom. The van der Waals surface area contributed by atoms with Crippen molar-refractivity contribution in [3.63, 3.8) is 0 Å². The smallest absolute Gasteiger partial charge is 0.158 e. The molecule has 0 aliphatic heterocycles. The minimum Gasteiger partial charge on any atom is -0.384 e. The highest BCUT2D eigenvalue weighted by Crippen LogP contribution is 2.25. The van der Waals surface area contributed by atoms with E-state index >= 15 is 0 Å². The molecule has 0 amide bonds. The monoisotopic (exact) mass is 364 g/mol. The molecule has 2 aromatic heterocycles. The van der Waals surface area contributed by atoms with Crippen LogP contribution in [0.3, 0.4) is 0 Å². The van der Waals surface area contributed by atoms with Crippen LogP contribution in [0.2, 0.25) is 0 Å². The largest absolute Gasteiger partial charge is 0.384 e. The average molecular weight is 365 g/mol. The van der Waals surface area contributed by atoms with Gasteiger partial charge < -0.3 is 5.73 Å². The van der Waals surface area contributed by atoms with Crippen LogP contribution in [0.4, 0.5) is 5.82 Å². The Balaban J connectivity index is 1.85. The lowest BCUT2D eigenvalue weighted by Crippen LogP contribution is -2.01. The molecule has 0 unspecified atom stereocenters. The van der Waals surface area contributed by atoms with E-state index in [4.69, 9.17) is 5.73 Å². The van der Waals surface area contributed by atoms with E-state index in [1.54, 1.807) is 4.52 Å². The molecule has 0 aliphatic rings. The molecule has 0 saturated carbocycles. The van der Waals surface area contributed by atoms with E-state index in [2.05, 4.69) is 26.0 Å². The number of halogens is 1. The maximum Gasteiger partial charge on any atom is 0.158 e. The quantitative estimate of drug-likeness (QED) is 0.573. The molecule has 0 atom stereocenters. The number of nitrogen functional groups attached to an aromatic ring is 1. The number of fused-ring (bicyclic) bond motifs is 1. The van der Waals surface area contributed by atoms with Crippen LogP contribution in [0, 0.1) is 0 Å². The van der Waals surface area contributed by atoms with Crippen LogP contribution in [0.1, 0.15) is 0 Å². The first-order chi connectivity index (χ1) is 11.2. The maximum absolute atomic E-state index is 6.16. The fourth-order valence-electron chi connectivity index (χ4n) is 2.52. The van der Waals surface area contributed by atoms with Crippen LogP contribution in [0.25, 0.3) is 28.2 Å². The first-order valence-electron chi connectivity index (χ1n) is 7.18. The maximum atomic E-state index is 6.16. The number of hydrogen-bond donors (Lipinski definition) is 1. The van der Waals surface area contributed by atoms with Crippen LogP contribution in [0.15, 0.2) is 71.2 Å². The van der Waals surface area contributed by atoms with Gasteiger partial charge in [0.1, 0.15) is 5.82 Å². The van der Waals surface area contributed by atoms with Gasteiger partial charge in [-0.05, 0) is 12.1 Å². The molecule has 0 spiro atoms. The minimum absolute atomic E-state index is 0.567. The highest BCUT2D eigenvalue weighted by atomic mass is 79.9. The van der Waals surface area contributed by atoms with Gasteiger partial charge in [0.25, 0.3) is 0 Å². The van der Waals surface area contributed by atoms with Gasteiger partial charge in [0.15, 0.2) is 5.65 Å². The van der Waals surface area contributed by atoms with Crippen molar-refractivity contribution >= 4 is 27.4 Å². The van der Waals surface area contributed by atoms with E-state index < -0.39 is 0 Å². The van der Waals surface area contributed by atoms with Crippen LogP contribution in [-0.2, 0) is 0 Å². The zero-order valence-electron chi connectivity index (χ0n) is 12.1. The Morgan fingerprint density at radius 1 is 0.826 bits per heavy atom. The van der Waals surface area contributed by atoms with Gasteiger partial charge in [-0.1, -0.05) is 58.4 Å². The summed E-state index contributed by atoms with van der Waals surface area (Å²) in [6, 6.07) is 21.8. The van der Waals surface area contributed by atoms with Gasteiger partial charge >= 0.3 is 0 Å². The van der Waals surface area contributed by atoms with Crippen molar-refractivity contribution in [3.05, 3.63) is 71.2 Å². The summed E-state index contributed by atoms with van der Waals surface area (Å²) in [5.41, 5.74) is 10.7. The number of rotatable bonds is 2. The SMILES string of the molecule is Nc1cc(-c2ccccc2)nc2cc(-c3ccc(Br)cc3)nn12.